The maximum atomic E-state index is 12.2. The van der Waals surface area contributed by atoms with Crippen LogP contribution in [0.3, 0.4) is 0 Å². The molecule has 112 valence electrons. The molecule has 0 radical (unpaired) electrons. The number of thioether (sulfide) groups is 1. The molecule has 1 aromatic rings. The van der Waals surface area contributed by atoms with E-state index in [2.05, 4.69) is 5.32 Å². The number of primary amides is 1. The lowest BCUT2D eigenvalue weighted by molar-refractivity contribution is -0.119. The van der Waals surface area contributed by atoms with Crippen LogP contribution in [0.4, 0.5) is 13.2 Å². The highest BCUT2D eigenvalue weighted by atomic mass is 32.2. The van der Waals surface area contributed by atoms with Crippen LogP contribution in [-0.4, -0.2) is 17.0 Å². The molecule has 0 bridgehead atoms. The topological polar surface area (TPSA) is 55.1 Å². The van der Waals surface area contributed by atoms with Crippen LogP contribution in [0, 0.1) is 0 Å². The van der Waals surface area contributed by atoms with Gasteiger partial charge in [0.15, 0.2) is 0 Å². The van der Waals surface area contributed by atoms with E-state index in [0.717, 1.165) is 5.56 Å². The highest BCUT2D eigenvalue weighted by Gasteiger charge is 2.29. The predicted octanol–water partition coefficient (Wildman–Crippen LogP) is 3.04. The lowest BCUT2D eigenvalue weighted by Gasteiger charge is -2.24. The molecule has 0 aromatic heterocycles. The highest BCUT2D eigenvalue weighted by Crippen LogP contribution is 2.36. The smallest absolute Gasteiger partial charge is 0.370 e. The molecule has 1 rings (SSSR count). The Bertz CT molecular complexity index is 458. The van der Waals surface area contributed by atoms with Crippen LogP contribution in [-0.2, 0) is 11.3 Å². The molecule has 7 heteroatoms. The first-order chi connectivity index (χ1) is 9.07. The third-order valence-corrected chi connectivity index (χ3v) is 3.28. The van der Waals surface area contributed by atoms with Gasteiger partial charge in [-0.2, -0.15) is 13.2 Å². The third kappa shape index (κ3) is 6.81. The molecule has 20 heavy (non-hydrogen) atoms. The summed E-state index contributed by atoms with van der Waals surface area (Å²) in [5.41, 5.74) is 1.25. The van der Waals surface area contributed by atoms with E-state index >= 15 is 0 Å². The second-order valence-electron chi connectivity index (χ2n) is 5.07. The van der Waals surface area contributed by atoms with Gasteiger partial charge in [-0.25, -0.2) is 0 Å². The number of benzene rings is 1. The van der Waals surface area contributed by atoms with Crippen LogP contribution in [0.5, 0.6) is 0 Å². The Morgan fingerprint density at radius 3 is 2.25 bits per heavy atom. The van der Waals surface area contributed by atoms with Gasteiger partial charge in [-0.1, -0.05) is 12.1 Å². The van der Waals surface area contributed by atoms with Gasteiger partial charge in [0.05, 0.1) is 0 Å². The summed E-state index contributed by atoms with van der Waals surface area (Å²) in [6.07, 6.45) is 0.189. The Labute approximate surface area is 120 Å². The van der Waals surface area contributed by atoms with Crippen molar-refractivity contribution < 1.29 is 18.0 Å². The SMILES string of the molecule is CC(C)(CC(N)=O)NCc1ccc(SC(F)(F)F)cc1. The number of nitrogens with two attached hydrogens (primary N) is 1. The van der Waals surface area contributed by atoms with Gasteiger partial charge in [-0.05, 0) is 43.3 Å². The van der Waals surface area contributed by atoms with Crippen molar-refractivity contribution >= 4 is 17.7 Å². The number of carbonyl (C=O) groups is 1. The van der Waals surface area contributed by atoms with Crippen LogP contribution in [0.2, 0.25) is 0 Å². The van der Waals surface area contributed by atoms with Crippen LogP contribution in [0.15, 0.2) is 29.2 Å². The van der Waals surface area contributed by atoms with Gasteiger partial charge in [0.25, 0.3) is 0 Å². The van der Waals surface area contributed by atoms with E-state index in [4.69, 9.17) is 5.73 Å². The first-order valence-corrected chi connectivity index (χ1v) is 6.77. The maximum absolute atomic E-state index is 12.2. The van der Waals surface area contributed by atoms with Crippen LogP contribution in [0.25, 0.3) is 0 Å². The van der Waals surface area contributed by atoms with Crippen molar-refractivity contribution in [3.63, 3.8) is 0 Å². The largest absolute Gasteiger partial charge is 0.446 e. The zero-order valence-electron chi connectivity index (χ0n) is 11.3. The molecule has 0 unspecified atom stereocenters. The van der Waals surface area contributed by atoms with Crippen molar-refractivity contribution in [2.45, 2.75) is 42.8 Å². The first kappa shape index (κ1) is 16.8. The Morgan fingerprint density at radius 2 is 1.80 bits per heavy atom. The summed E-state index contributed by atoms with van der Waals surface area (Å²) in [6, 6.07) is 6.11. The summed E-state index contributed by atoms with van der Waals surface area (Å²) in [6.45, 7) is 4.13. The fourth-order valence-corrected chi connectivity index (χ4v) is 2.19. The summed E-state index contributed by atoms with van der Waals surface area (Å²) >= 11 is -0.140. The average Bonchev–Trinajstić information content (AvgIpc) is 2.24. The zero-order valence-corrected chi connectivity index (χ0v) is 12.1. The quantitative estimate of drug-likeness (QED) is 0.794. The Kier molecular flexibility index (Phi) is 5.47. The number of nitrogens with one attached hydrogen (secondary N) is 1. The summed E-state index contributed by atoms with van der Waals surface area (Å²) in [5.74, 6) is -0.403. The summed E-state index contributed by atoms with van der Waals surface area (Å²) in [4.78, 5) is 11.0. The fourth-order valence-electron chi connectivity index (χ4n) is 1.65. The molecular formula is C13H17F3N2OS. The van der Waals surface area contributed by atoms with Crippen molar-refractivity contribution in [1.29, 1.82) is 0 Å². The van der Waals surface area contributed by atoms with Gasteiger partial charge in [-0.3, -0.25) is 4.79 Å². The van der Waals surface area contributed by atoms with E-state index in [0.29, 0.717) is 6.54 Å². The molecule has 0 atom stereocenters. The molecule has 0 saturated carbocycles. The summed E-state index contributed by atoms with van der Waals surface area (Å²) < 4.78 is 36.5. The molecule has 1 amide bonds. The molecule has 0 fully saturated rings. The van der Waals surface area contributed by atoms with Gasteiger partial charge in [0.2, 0.25) is 5.91 Å². The molecule has 0 spiro atoms. The average molecular weight is 306 g/mol. The molecule has 0 heterocycles. The van der Waals surface area contributed by atoms with Crippen LogP contribution in [0.1, 0.15) is 25.8 Å². The lowest BCUT2D eigenvalue weighted by atomic mass is 10.00. The van der Waals surface area contributed by atoms with Crippen molar-refractivity contribution in [3.8, 4) is 0 Å². The Balaban J connectivity index is 2.56. The van der Waals surface area contributed by atoms with Crippen molar-refractivity contribution in [2.75, 3.05) is 0 Å². The molecule has 3 N–H and O–H groups in total. The van der Waals surface area contributed by atoms with Gasteiger partial charge in [-0.15, -0.1) is 0 Å². The zero-order chi connectivity index (χ0) is 15.4. The fraction of sp³-hybridized carbons (Fsp3) is 0.462. The van der Waals surface area contributed by atoms with Crippen molar-refractivity contribution in [2.24, 2.45) is 5.73 Å². The Morgan fingerprint density at radius 1 is 1.25 bits per heavy atom. The number of hydrogen-bond acceptors (Lipinski definition) is 3. The molecule has 0 aliphatic rings. The number of halogens is 3. The van der Waals surface area contributed by atoms with E-state index in [9.17, 15) is 18.0 Å². The van der Waals surface area contributed by atoms with Crippen molar-refractivity contribution in [1.82, 2.24) is 5.32 Å². The maximum Gasteiger partial charge on any atom is 0.446 e. The van der Waals surface area contributed by atoms with E-state index in [1.165, 1.54) is 12.1 Å². The van der Waals surface area contributed by atoms with E-state index in [1.807, 2.05) is 13.8 Å². The standard InChI is InChI=1S/C13H17F3N2OS/c1-12(2,7-11(17)19)18-8-9-3-5-10(6-4-9)20-13(14,15)16/h3-6,18H,7-8H2,1-2H3,(H2,17,19). The molecular weight excluding hydrogens is 289 g/mol. The predicted molar refractivity (Wildman–Crippen MR) is 73.1 cm³/mol. The minimum absolute atomic E-state index is 0.140. The summed E-state index contributed by atoms with van der Waals surface area (Å²) in [7, 11) is 0. The van der Waals surface area contributed by atoms with Crippen molar-refractivity contribution in [3.05, 3.63) is 29.8 Å². The molecule has 0 aliphatic heterocycles. The molecule has 3 nitrogen and oxygen atoms in total. The summed E-state index contributed by atoms with van der Waals surface area (Å²) in [5, 5.41) is 3.14. The normalized spacial score (nSPS) is 12.4. The van der Waals surface area contributed by atoms with Crippen LogP contribution < -0.4 is 11.1 Å². The van der Waals surface area contributed by atoms with Crippen LogP contribution >= 0.6 is 11.8 Å². The van der Waals surface area contributed by atoms with Gasteiger partial charge < -0.3 is 11.1 Å². The number of alkyl halides is 3. The van der Waals surface area contributed by atoms with E-state index in [1.54, 1.807) is 12.1 Å². The molecule has 0 saturated heterocycles. The van der Waals surface area contributed by atoms with Gasteiger partial charge in [0, 0.05) is 23.4 Å². The number of amides is 1. The van der Waals surface area contributed by atoms with Gasteiger partial charge >= 0.3 is 5.51 Å². The van der Waals surface area contributed by atoms with E-state index in [-0.39, 0.29) is 23.1 Å². The van der Waals surface area contributed by atoms with Gasteiger partial charge in [0.1, 0.15) is 0 Å². The molecule has 0 aliphatic carbocycles. The number of carbonyl (C=O) groups excluding carboxylic acids is 1. The second-order valence-corrected chi connectivity index (χ2v) is 6.21. The second kappa shape index (κ2) is 6.49. The highest BCUT2D eigenvalue weighted by molar-refractivity contribution is 8.00. The first-order valence-electron chi connectivity index (χ1n) is 5.95. The monoisotopic (exact) mass is 306 g/mol. The molecule has 1 aromatic carbocycles. The minimum atomic E-state index is -4.27. The minimum Gasteiger partial charge on any atom is -0.370 e. The number of hydrogen-bond donors (Lipinski definition) is 2. The lowest BCUT2D eigenvalue weighted by Crippen LogP contribution is -2.42. The van der Waals surface area contributed by atoms with E-state index < -0.39 is 17.0 Å². The third-order valence-electron chi connectivity index (χ3n) is 2.54. The Hall–Kier alpha value is -1.21. The number of rotatable bonds is 6.